The predicted octanol–water partition coefficient (Wildman–Crippen LogP) is 4.69. The summed E-state index contributed by atoms with van der Waals surface area (Å²) in [5.41, 5.74) is 1.90. The van der Waals surface area contributed by atoms with E-state index in [2.05, 4.69) is 10.3 Å². The number of fused-ring (bicyclic) bond motifs is 2. The molecule has 0 aliphatic heterocycles. The first kappa shape index (κ1) is 15.2. The SMILES string of the molecule is Cc1nc(C(=O)N[C@@H]2C[C@@H]3CC[C@H]2C3)sc1-c1cccc(Cl)c1. The van der Waals surface area contributed by atoms with Gasteiger partial charge in [0.15, 0.2) is 5.01 Å². The fourth-order valence-electron chi connectivity index (χ4n) is 4.04. The van der Waals surface area contributed by atoms with Gasteiger partial charge in [-0.1, -0.05) is 30.2 Å². The summed E-state index contributed by atoms with van der Waals surface area (Å²) in [6, 6.07) is 8.04. The van der Waals surface area contributed by atoms with Crippen LogP contribution in [0.5, 0.6) is 0 Å². The standard InChI is InChI=1S/C18H19ClN2OS/c1-10-16(13-3-2-4-14(19)9-13)23-18(20-10)17(22)21-15-8-11-5-6-12(15)7-11/h2-4,9,11-12,15H,5-8H2,1H3,(H,21,22)/t11-,12+,15-/m1/s1. The number of amides is 1. The van der Waals surface area contributed by atoms with Crippen molar-refractivity contribution in [1.82, 2.24) is 10.3 Å². The van der Waals surface area contributed by atoms with Crippen LogP contribution in [0, 0.1) is 18.8 Å². The molecular weight excluding hydrogens is 328 g/mol. The molecule has 120 valence electrons. The van der Waals surface area contributed by atoms with E-state index in [4.69, 9.17) is 11.6 Å². The van der Waals surface area contributed by atoms with Crippen molar-refractivity contribution in [2.45, 2.75) is 38.6 Å². The molecule has 0 saturated heterocycles. The number of aromatic nitrogens is 1. The molecule has 2 aromatic rings. The fourth-order valence-corrected chi connectivity index (χ4v) is 5.20. The summed E-state index contributed by atoms with van der Waals surface area (Å²) >= 11 is 7.52. The Kier molecular flexibility index (Phi) is 3.90. The third kappa shape index (κ3) is 2.90. The van der Waals surface area contributed by atoms with Gasteiger partial charge in [-0.15, -0.1) is 11.3 Å². The Morgan fingerprint density at radius 1 is 1.35 bits per heavy atom. The van der Waals surface area contributed by atoms with Gasteiger partial charge in [0.05, 0.1) is 10.6 Å². The molecule has 1 aromatic heterocycles. The van der Waals surface area contributed by atoms with E-state index in [1.807, 2.05) is 31.2 Å². The number of rotatable bonds is 3. The van der Waals surface area contributed by atoms with Crippen molar-refractivity contribution >= 4 is 28.8 Å². The van der Waals surface area contributed by atoms with E-state index in [1.165, 1.54) is 30.6 Å². The Hall–Kier alpha value is -1.39. The van der Waals surface area contributed by atoms with Crippen LogP contribution in [-0.2, 0) is 0 Å². The van der Waals surface area contributed by atoms with Gasteiger partial charge in [-0.25, -0.2) is 4.98 Å². The second kappa shape index (κ2) is 5.91. The summed E-state index contributed by atoms with van der Waals surface area (Å²) in [7, 11) is 0. The normalized spacial score (nSPS) is 25.7. The van der Waals surface area contributed by atoms with Gasteiger partial charge in [0.25, 0.3) is 5.91 Å². The molecule has 1 heterocycles. The molecule has 1 aromatic carbocycles. The van der Waals surface area contributed by atoms with E-state index in [9.17, 15) is 4.79 Å². The molecule has 2 aliphatic rings. The maximum absolute atomic E-state index is 12.6. The van der Waals surface area contributed by atoms with Crippen molar-refractivity contribution in [3.8, 4) is 10.4 Å². The quantitative estimate of drug-likeness (QED) is 0.875. The molecule has 1 amide bonds. The monoisotopic (exact) mass is 346 g/mol. The lowest BCUT2D eigenvalue weighted by Gasteiger charge is -2.22. The average Bonchev–Trinajstić information content (AvgIpc) is 3.22. The number of thiazole rings is 1. The summed E-state index contributed by atoms with van der Waals surface area (Å²) in [5, 5.41) is 4.47. The highest BCUT2D eigenvalue weighted by atomic mass is 35.5. The van der Waals surface area contributed by atoms with Gasteiger partial charge >= 0.3 is 0 Å². The van der Waals surface area contributed by atoms with Gasteiger partial charge < -0.3 is 5.32 Å². The Morgan fingerprint density at radius 2 is 2.22 bits per heavy atom. The fraction of sp³-hybridized carbons (Fsp3) is 0.444. The zero-order valence-electron chi connectivity index (χ0n) is 13.0. The Morgan fingerprint density at radius 3 is 2.91 bits per heavy atom. The molecule has 2 bridgehead atoms. The van der Waals surface area contributed by atoms with Crippen LogP contribution < -0.4 is 5.32 Å². The first-order valence-electron chi connectivity index (χ1n) is 8.14. The minimum Gasteiger partial charge on any atom is -0.347 e. The predicted molar refractivity (Wildman–Crippen MR) is 94.0 cm³/mol. The largest absolute Gasteiger partial charge is 0.347 e. The molecule has 3 atom stereocenters. The van der Waals surface area contributed by atoms with Gasteiger partial charge in [0, 0.05) is 11.1 Å². The second-order valence-electron chi connectivity index (χ2n) is 6.70. The van der Waals surface area contributed by atoms with Crippen molar-refractivity contribution in [2.75, 3.05) is 0 Å². The summed E-state index contributed by atoms with van der Waals surface area (Å²) in [6.45, 7) is 1.95. The zero-order valence-corrected chi connectivity index (χ0v) is 14.6. The topological polar surface area (TPSA) is 42.0 Å². The smallest absolute Gasteiger partial charge is 0.280 e. The number of hydrogen-bond acceptors (Lipinski definition) is 3. The number of nitrogens with one attached hydrogen (secondary N) is 1. The Labute approximate surface area is 145 Å². The number of carbonyl (C=O) groups is 1. The Balaban J connectivity index is 1.53. The van der Waals surface area contributed by atoms with Crippen molar-refractivity contribution in [3.63, 3.8) is 0 Å². The lowest BCUT2D eigenvalue weighted by atomic mass is 9.95. The molecule has 5 heteroatoms. The molecule has 0 spiro atoms. The molecule has 0 unspecified atom stereocenters. The molecular formula is C18H19ClN2OS. The summed E-state index contributed by atoms with van der Waals surface area (Å²) in [6.07, 6.45) is 5.03. The van der Waals surface area contributed by atoms with Crippen molar-refractivity contribution < 1.29 is 4.79 Å². The minimum absolute atomic E-state index is 0.0241. The lowest BCUT2D eigenvalue weighted by molar-refractivity contribution is 0.0922. The lowest BCUT2D eigenvalue weighted by Crippen LogP contribution is -2.38. The van der Waals surface area contributed by atoms with E-state index in [-0.39, 0.29) is 5.91 Å². The first-order valence-corrected chi connectivity index (χ1v) is 9.34. The van der Waals surface area contributed by atoms with Crippen LogP contribution in [0.25, 0.3) is 10.4 Å². The van der Waals surface area contributed by atoms with Gasteiger partial charge in [-0.3, -0.25) is 4.79 Å². The summed E-state index contributed by atoms with van der Waals surface area (Å²) in [5.74, 6) is 1.48. The first-order chi connectivity index (χ1) is 11.1. The Bertz CT molecular complexity index is 757. The van der Waals surface area contributed by atoms with Crippen LogP contribution in [0.15, 0.2) is 24.3 Å². The van der Waals surface area contributed by atoms with Gasteiger partial charge in [-0.05, 0) is 55.7 Å². The molecule has 23 heavy (non-hydrogen) atoms. The van der Waals surface area contributed by atoms with Crippen molar-refractivity contribution in [3.05, 3.63) is 40.0 Å². The maximum atomic E-state index is 12.6. The van der Waals surface area contributed by atoms with Gasteiger partial charge in [-0.2, -0.15) is 0 Å². The van der Waals surface area contributed by atoms with Crippen LogP contribution in [0.1, 0.15) is 41.2 Å². The number of hydrogen-bond donors (Lipinski definition) is 1. The third-order valence-corrected chi connectivity index (χ3v) is 6.57. The highest BCUT2D eigenvalue weighted by molar-refractivity contribution is 7.17. The number of nitrogens with zero attached hydrogens (tertiary/aromatic N) is 1. The van der Waals surface area contributed by atoms with E-state index in [0.29, 0.717) is 22.0 Å². The molecule has 1 N–H and O–H groups in total. The van der Waals surface area contributed by atoms with Crippen molar-refractivity contribution in [2.24, 2.45) is 11.8 Å². The molecule has 2 fully saturated rings. The van der Waals surface area contributed by atoms with Crippen LogP contribution in [-0.4, -0.2) is 16.9 Å². The average molecular weight is 347 g/mol. The maximum Gasteiger partial charge on any atom is 0.280 e. The number of halogens is 1. The highest BCUT2D eigenvalue weighted by Crippen LogP contribution is 2.44. The molecule has 3 nitrogen and oxygen atoms in total. The summed E-state index contributed by atoms with van der Waals surface area (Å²) < 4.78 is 0. The highest BCUT2D eigenvalue weighted by Gasteiger charge is 2.40. The number of carbonyl (C=O) groups excluding carboxylic acids is 1. The van der Waals surface area contributed by atoms with E-state index in [1.54, 1.807) is 0 Å². The van der Waals surface area contributed by atoms with Crippen LogP contribution in [0.4, 0.5) is 0 Å². The molecule has 2 saturated carbocycles. The van der Waals surface area contributed by atoms with E-state index < -0.39 is 0 Å². The number of benzene rings is 1. The third-order valence-electron chi connectivity index (χ3n) is 5.13. The number of aryl methyl sites for hydroxylation is 1. The molecule has 4 rings (SSSR count). The van der Waals surface area contributed by atoms with Crippen molar-refractivity contribution in [1.29, 1.82) is 0 Å². The molecule has 0 radical (unpaired) electrons. The minimum atomic E-state index is -0.0241. The van der Waals surface area contributed by atoms with E-state index >= 15 is 0 Å². The zero-order chi connectivity index (χ0) is 16.0. The summed E-state index contributed by atoms with van der Waals surface area (Å²) in [4.78, 5) is 18.1. The van der Waals surface area contributed by atoms with Gasteiger partial charge in [0.2, 0.25) is 0 Å². The van der Waals surface area contributed by atoms with Crippen LogP contribution in [0.2, 0.25) is 5.02 Å². The second-order valence-corrected chi connectivity index (χ2v) is 8.13. The van der Waals surface area contributed by atoms with Crippen LogP contribution >= 0.6 is 22.9 Å². The van der Waals surface area contributed by atoms with E-state index in [0.717, 1.165) is 28.5 Å². The molecule has 2 aliphatic carbocycles. The van der Waals surface area contributed by atoms with Crippen LogP contribution in [0.3, 0.4) is 0 Å². The van der Waals surface area contributed by atoms with Gasteiger partial charge in [0.1, 0.15) is 0 Å².